The Morgan fingerprint density at radius 1 is 0.917 bits per heavy atom. The van der Waals surface area contributed by atoms with Gasteiger partial charge in [0.25, 0.3) is 0 Å². The van der Waals surface area contributed by atoms with Crippen molar-refractivity contribution in [1.29, 1.82) is 0 Å². The molecule has 0 aliphatic carbocycles. The summed E-state index contributed by atoms with van der Waals surface area (Å²) < 4.78 is 0. The molecule has 0 aromatic heterocycles. The second-order valence-corrected chi connectivity index (χ2v) is 6.02. The van der Waals surface area contributed by atoms with Crippen LogP contribution < -0.4 is 11.1 Å². The number of anilines is 1. The average molecular weight is 342 g/mol. The summed E-state index contributed by atoms with van der Waals surface area (Å²) in [5.74, 6) is -0.844. The highest BCUT2D eigenvalue weighted by atomic mass is 32.2. The average Bonchev–Trinajstić information content (AvgIpc) is 2.60. The van der Waals surface area contributed by atoms with E-state index >= 15 is 0 Å². The first kappa shape index (κ1) is 17.7. The maximum absolute atomic E-state index is 12.1. The van der Waals surface area contributed by atoms with E-state index in [0.29, 0.717) is 16.8 Å². The molecule has 0 saturated carbocycles. The normalized spacial score (nSPS) is 10.2. The summed E-state index contributed by atoms with van der Waals surface area (Å²) in [7, 11) is 0. The van der Waals surface area contributed by atoms with Crippen molar-refractivity contribution in [3.8, 4) is 0 Å². The molecule has 0 fully saturated rings. The number of primary amides is 1. The molecule has 2 amide bonds. The van der Waals surface area contributed by atoms with Crippen molar-refractivity contribution in [2.75, 3.05) is 11.6 Å². The van der Waals surface area contributed by atoms with Gasteiger partial charge in [0, 0.05) is 34.6 Å². The number of thioether (sulfide) groups is 1. The molecular formula is C18H18N2O3S. The van der Waals surface area contributed by atoms with Crippen LogP contribution in [0.3, 0.4) is 0 Å². The number of Topliss-reactive ketones (excluding diaryl/α,β-unsaturated/α-hetero) is 1. The van der Waals surface area contributed by atoms with Crippen molar-refractivity contribution in [3.63, 3.8) is 0 Å². The summed E-state index contributed by atoms with van der Waals surface area (Å²) >= 11 is 1.61. The van der Waals surface area contributed by atoms with Gasteiger partial charge >= 0.3 is 0 Å². The molecule has 124 valence electrons. The largest absolute Gasteiger partial charge is 0.366 e. The lowest BCUT2D eigenvalue weighted by atomic mass is 10.1. The lowest BCUT2D eigenvalue weighted by Gasteiger charge is -2.06. The molecule has 0 bridgehead atoms. The predicted octanol–water partition coefficient (Wildman–Crippen LogP) is 3.11. The van der Waals surface area contributed by atoms with Gasteiger partial charge in [-0.3, -0.25) is 14.4 Å². The zero-order valence-corrected chi connectivity index (χ0v) is 14.1. The van der Waals surface area contributed by atoms with Gasteiger partial charge in [0.2, 0.25) is 11.8 Å². The minimum Gasteiger partial charge on any atom is -0.366 e. The highest BCUT2D eigenvalue weighted by Gasteiger charge is 2.10. The number of carbonyl (C=O) groups is 3. The predicted molar refractivity (Wildman–Crippen MR) is 95.4 cm³/mol. The van der Waals surface area contributed by atoms with Gasteiger partial charge in [0.15, 0.2) is 5.78 Å². The number of benzene rings is 2. The molecule has 0 radical (unpaired) electrons. The summed E-state index contributed by atoms with van der Waals surface area (Å²) in [6.45, 7) is 0. The van der Waals surface area contributed by atoms with E-state index in [1.165, 1.54) is 12.1 Å². The molecule has 5 nitrogen and oxygen atoms in total. The van der Waals surface area contributed by atoms with Gasteiger partial charge in [-0.1, -0.05) is 12.1 Å². The third kappa shape index (κ3) is 4.96. The van der Waals surface area contributed by atoms with Gasteiger partial charge < -0.3 is 11.1 Å². The molecule has 0 saturated heterocycles. The standard InChI is InChI=1S/C18H18N2O3S/c1-24-15-8-4-12(5-9-15)16(21)10-11-17(22)20-14-6-2-13(3-7-14)18(19)23/h2-9H,10-11H2,1H3,(H2,19,23)(H,20,22). The Hall–Kier alpha value is -2.60. The molecule has 0 aliphatic rings. The van der Waals surface area contributed by atoms with Crippen LogP contribution in [0.25, 0.3) is 0 Å². The quantitative estimate of drug-likeness (QED) is 0.598. The van der Waals surface area contributed by atoms with E-state index in [1.54, 1.807) is 36.0 Å². The minimum absolute atomic E-state index is 0.0677. The van der Waals surface area contributed by atoms with Crippen LogP contribution in [-0.4, -0.2) is 23.9 Å². The van der Waals surface area contributed by atoms with E-state index in [2.05, 4.69) is 5.32 Å². The summed E-state index contributed by atoms with van der Waals surface area (Å²) in [6.07, 6.45) is 2.21. The second-order valence-electron chi connectivity index (χ2n) is 5.14. The number of ketones is 1. The van der Waals surface area contributed by atoms with E-state index in [0.717, 1.165) is 4.90 Å². The molecule has 0 spiro atoms. The minimum atomic E-state index is -0.522. The van der Waals surface area contributed by atoms with Crippen LogP contribution in [0.1, 0.15) is 33.6 Å². The molecule has 0 heterocycles. The van der Waals surface area contributed by atoms with Crippen molar-refractivity contribution in [2.24, 2.45) is 5.73 Å². The van der Waals surface area contributed by atoms with Gasteiger partial charge in [0.1, 0.15) is 0 Å². The monoisotopic (exact) mass is 342 g/mol. The molecule has 3 N–H and O–H groups in total. The highest BCUT2D eigenvalue weighted by molar-refractivity contribution is 7.98. The maximum Gasteiger partial charge on any atom is 0.248 e. The molecular weight excluding hydrogens is 324 g/mol. The van der Waals surface area contributed by atoms with E-state index in [4.69, 9.17) is 5.73 Å². The van der Waals surface area contributed by atoms with Crippen LogP contribution in [0.4, 0.5) is 5.69 Å². The van der Waals surface area contributed by atoms with Gasteiger partial charge in [-0.25, -0.2) is 0 Å². The van der Waals surface area contributed by atoms with Crippen LogP contribution in [-0.2, 0) is 4.79 Å². The molecule has 2 rings (SSSR count). The van der Waals surface area contributed by atoms with Gasteiger partial charge in [-0.2, -0.15) is 0 Å². The molecule has 0 atom stereocenters. The number of carbonyl (C=O) groups excluding carboxylic acids is 3. The number of amides is 2. The zero-order chi connectivity index (χ0) is 17.5. The van der Waals surface area contributed by atoms with Crippen LogP contribution in [0.2, 0.25) is 0 Å². The van der Waals surface area contributed by atoms with Crippen molar-refractivity contribution >= 4 is 35.0 Å². The van der Waals surface area contributed by atoms with Crippen molar-refractivity contribution in [2.45, 2.75) is 17.7 Å². The first-order chi connectivity index (χ1) is 11.5. The van der Waals surface area contributed by atoms with Crippen LogP contribution in [0, 0.1) is 0 Å². The third-order valence-corrected chi connectivity index (χ3v) is 4.19. The van der Waals surface area contributed by atoms with E-state index < -0.39 is 5.91 Å². The van der Waals surface area contributed by atoms with Crippen molar-refractivity contribution in [3.05, 3.63) is 59.7 Å². The third-order valence-electron chi connectivity index (χ3n) is 3.44. The summed E-state index contributed by atoms with van der Waals surface area (Å²) in [5.41, 5.74) is 6.69. The fraction of sp³-hybridized carbons (Fsp3) is 0.167. The summed E-state index contributed by atoms with van der Waals surface area (Å²) in [5, 5.41) is 2.69. The Balaban J connectivity index is 1.85. The van der Waals surface area contributed by atoms with Crippen molar-refractivity contribution in [1.82, 2.24) is 0 Å². The van der Waals surface area contributed by atoms with Crippen LogP contribution >= 0.6 is 11.8 Å². The van der Waals surface area contributed by atoms with E-state index in [-0.39, 0.29) is 24.5 Å². The van der Waals surface area contributed by atoms with Crippen LogP contribution in [0.15, 0.2) is 53.4 Å². The molecule has 24 heavy (non-hydrogen) atoms. The van der Waals surface area contributed by atoms with Gasteiger partial charge in [-0.05, 0) is 42.7 Å². The first-order valence-electron chi connectivity index (χ1n) is 7.36. The highest BCUT2D eigenvalue weighted by Crippen LogP contribution is 2.16. The topological polar surface area (TPSA) is 89.3 Å². The molecule has 2 aromatic rings. The Bertz CT molecular complexity index is 740. The SMILES string of the molecule is CSc1ccc(C(=O)CCC(=O)Nc2ccc(C(N)=O)cc2)cc1. The maximum atomic E-state index is 12.1. The molecule has 6 heteroatoms. The fourth-order valence-electron chi connectivity index (χ4n) is 2.09. The second kappa shape index (κ2) is 8.31. The summed E-state index contributed by atoms with van der Waals surface area (Å²) in [4.78, 5) is 36.1. The number of nitrogens with one attached hydrogen (secondary N) is 1. The molecule has 0 aliphatic heterocycles. The zero-order valence-electron chi connectivity index (χ0n) is 13.2. The van der Waals surface area contributed by atoms with E-state index in [9.17, 15) is 14.4 Å². The van der Waals surface area contributed by atoms with E-state index in [1.807, 2.05) is 18.4 Å². The number of rotatable bonds is 7. The molecule has 0 unspecified atom stereocenters. The number of hydrogen-bond donors (Lipinski definition) is 2. The Kier molecular flexibility index (Phi) is 6.14. The Labute approximate surface area is 144 Å². The molecule has 2 aromatic carbocycles. The van der Waals surface area contributed by atoms with Crippen molar-refractivity contribution < 1.29 is 14.4 Å². The summed E-state index contributed by atoms with van der Waals surface area (Å²) in [6, 6.07) is 13.6. The lowest BCUT2D eigenvalue weighted by Crippen LogP contribution is -2.14. The van der Waals surface area contributed by atoms with Gasteiger partial charge in [0.05, 0.1) is 0 Å². The smallest absolute Gasteiger partial charge is 0.248 e. The first-order valence-corrected chi connectivity index (χ1v) is 8.59. The number of nitrogens with two attached hydrogens (primary N) is 1. The lowest BCUT2D eigenvalue weighted by molar-refractivity contribution is -0.116. The van der Waals surface area contributed by atoms with Gasteiger partial charge in [-0.15, -0.1) is 11.8 Å². The Morgan fingerprint density at radius 2 is 1.50 bits per heavy atom. The fourth-order valence-corrected chi connectivity index (χ4v) is 2.50. The Morgan fingerprint density at radius 3 is 2.04 bits per heavy atom. The van der Waals surface area contributed by atoms with Crippen LogP contribution in [0.5, 0.6) is 0 Å². The number of hydrogen-bond acceptors (Lipinski definition) is 4.